The lowest BCUT2D eigenvalue weighted by Gasteiger charge is -2.06. The molecule has 8 heteroatoms. The van der Waals surface area contributed by atoms with Crippen LogP contribution in [-0.2, 0) is 6.42 Å². The summed E-state index contributed by atoms with van der Waals surface area (Å²) in [5.74, 6) is -1.75. The Hall–Kier alpha value is -3.26. The molecular formula is C19H19FN4O3. The standard InChI is InChI=1S/C19H19FN4O3/c1-24(2)9-7-14-22-17(11-6-8-21-15(25)10-11)18(23-14)12-4-3-5-13(16(12)20)19(26)27/h3-6,8,10H,7,9H2,1-2H3,(H,21,25)(H,22,23)(H,26,27). The maximum atomic E-state index is 14.8. The molecule has 0 radical (unpaired) electrons. The molecule has 7 nitrogen and oxygen atoms in total. The van der Waals surface area contributed by atoms with Gasteiger partial charge in [-0.3, -0.25) is 0 Å². The van der Waals surface area contributed by atoms with Crippen LogP contribution < -0.4 is 0 Å². The van der Waals surface area contributed by atoms with Crippen LogP contribution in [0.25, 0.3) is 22.5 Å². The van der Waals surface area contributed by atoms with Crippen LogP contribution in [-0.4, -0.2) is 56.7 Å². The third kappa shape index (κ3) is 3.95. The summed E-state index contributed by atoms with van der Waals surface area (Å²) in [6, 6.07) is 7.26. The number of nitrogens with zero attached hydrogens (tertiary/aromatic N) is 3. The lowest BCUT2D eigenvalue weighted by Crippen LogP contribution is -2.15. The monoisotopic (exact) mass is 370 g/mol. The second-order valence-corrected chi connectivity index (χ2v) is 6.34. The number of aromatic hydroxyl groups is 1. The number of pyridine rings is 1. The average Bonchev–Trinajstić information content (AvgIpc) is 3.04. The minimum absolute atomic E-state index is 0.0774. The molecule has 0 atom stereocenters. The molecule has 0 aliphatic carbocycles. The van der Waals surface area contributed by atoms with E-state index in [4.69, 9.17) is 0 Å². The van der Waals surface area contributed by atoms with Gasteiger partial charge < -0.3 is 20.1 Å². The first-order valence-electron chi connectivity index (χ1n) is 8.28. The van der Waals surface area contributed by atoms with Gasteiger partial charge in [-0.2, -0.15) is 0 Å². The number of benzene rings is 1. The molecule has 2 aromatic heterocycles. The number of aromatic amines is 1. The van der Waals surface area contributed by atoms with E-state index >= 15 is 0 Å². The normalized spacial score (nSPS) is 11.1. The lowest BCUT2D eigenvalue weighted by molar-refractivity contribution is 0.0692. The van der Waals surface area contributed by atoms with E-state index in [2.05, 4.69) is 15.0 Å². The number of imidazole rings is 1. The number of carboxylic acid groups (broad SMARTS) is 1. The van der Waals surface area contributed by atoms with E-state index in [-0.39, 0.29) is 17.1 Å². The van der Waals surface area contributed by atoms with Gasteiger partial charge in [0.1, 0.15) is 11.6 Å². The highest BCUT2D eigenvalue weighted by molar-refractivity contribution is 5.91. The summed E-state index contributed by atoms with van der Waals surface area (Å²) in [6.45, 7) is 0.728. The number of rotatable bonds is 6. The number of hydrogen-bond acceptors (Lipinski definition) is 5. The van der Waals surface area contributed by atoms with Crippen LogP contribution in [0.5, 0.6) is 5.88 Å². The van der Waals surface area contributed by atoms with E-state index < -0.39 is 17.3 Å². The highest BCUT2D eigenvalue weighted by Crippen LogP contribution is 2.33. The molecule has 0 saturated heterocycles. The predicted octanol–water partition coefficient (Wildman–Crippen LogP) is 2.79. The number of carboxylic acids is 1. The van der Waals surface area contributed by atoms with E-state index in [9.17, 15) is 19.4 Å². The van der Waals surface area contributed by atoms with Gasteiger partial charge in [0.25, 0.3) is 0 Å². The van der Waals surface area contributed by atoms with Gasteiger partial charge in [-0.05, 0) is 32.3 Å². The predicted molar refractivity (Wildman–Crippen MR) is 98.1 cm³/mol. The van der Waals surface area contributed by atoms with Crippen molar-refractivity contribution >= 4 is 5.97 Å². The quantitative estimate of drug-likeness (QED) is 0.617. The number of halogens is 1. The minimum Gasteiger partial charge on any atom is -0.493 e. The Bertz CT molecular complexity index is 985. The van der Waals surface area contributed by atoms with E-state index in [1.165, 1.54) is 30.5 Å². The van der Waals surface area contributed by atoms with Gasteiger partial charge in [-0.25, -0.2) is 19.2 Å². The smallest absolute Gasteiger partial charge is 0.338 e. The second kappa shape index (κ2) is 7.55. The Kier molecular flexibility index (Phi) is 5.18. The zero-order chi connectivity index (χ0) is 19.6. The van der Waals surface area contributed by atoms with Crippen molar-refractivity contribution < 1.29 is 19.4 Å². The molecular weight excluding hydrogens is 351 g/mol. The molecule has 3 N–H and O–H groups in total. The number of aromatic carboxylic acids is 1. The van der Waals surface area contributed by atoms with Gasteiger partial charge >= 0.3 is 5.97 Å². The van der Waals surface area contributed by atoms with Gasteiger partial charge in [0.15, 0.2) is 0 Å². The SMILES string of the molecule is CN(C)CCc1nc(-c2cccc(C(=O)O)c2F)c(-c2ccnc(O)c2)[nH]1. The van der Waals surface area contributed by atoms with Crippen LogP contribution in [0.1, 0.15) is 16.2 Å². The third-order valence-electron chi connectivity index (χ3n) is 4.07. The van der Waals surface area contributed by atoms with Crippen molar-refractivity contribution in [2.75, 3.05) is 20.6 Å². The zero-order valence-electron chi connectivity index (χ0n) is 14.9. The zero-order valence-corrected chi connectivity index (χ0v) is 14.9. The van der Waals surface area contributed by atoms with Crippen LogP contribution >= 0.6 is 0 Å². The molecule has 0 unspecified atom stereocenters. The maximum Gasteiger partial charge on any atom is 0.338 e. The molecule has 3 aromatic rings. The summed E-state index contributed by atoms with van der Waals surface area (Å²) in [5, 5.41) is 18.9. The number of carbonyl (C=O) groups is 1. The first kappa shape index (κ1) is 18.5. The van der Waals surface area contributed by atoms with Crippen LogP contribution in [0.3, 0.4) is 0 Å². The van der Waals surface area contributed by atoms with Gasteiger partial charge in [-0.1, -0.05) is 6.07 Å². The molecule has 140 valence electrons. The van der Waals surface area contributed by atoms with Crippen molar-refractivity contribution in [3.63, 3.8) is 0 Å². The molecule has 0 amide bonds. The van der Waals surface area contributed by atoms with E-state index in [1.54, 1.807) is 6.07 Å². The number of likely N-dealkylation sites (N-methyl/N-ethyl adjacent to an activating group) is 1. The molecule has 0 fully saturated rings. The van der Waals surface area contributed by atoms with Crippen molar-refractivity contribution in [3.8, 4) is 28.4 Å². The fourth-order valence-corrected chi connectivity index (χ4v) is 2.73. The molecule has 27 heavy (non-hydrogen) atoms. The van der Waals surface area contributed by atoms with Crippen LogP contribution in [0.15, 0.2) is 36.5 Å². The van der Waals surface area contributed by atoms with Gasteiger partial charge in [0.05, 0.1) is 17.0 Å². The van der Waals surface area contributed by atoms with Crippen LogP contribution in [0.2, 0.25) is 0 Å². The van der Waals surface area contributed by atoms with Crippen molar-refractivity contribution in [1.29, 1.82) is 0 Å². The summed E-state index contributed by atoms with van der Waals surface area (Å²) in [6.07, 6.45) is 2.02. The topological polar surface area (TPSA) is 102 Å². The Labute approximate surface area is 155 Å². The highest BCUT2D eigenvalue weighted by atomic mass is 19.1. The molecule has 0 saturated carbocycles. The first-order valence-corrected chi connectivity index (χ1v) is 8.28. The van der Waals surface area contributed by atoms with E-state index in [1.807, 2.05) is 19.0 Å². The molecule has 3 rings (SSSR count). The average molecular weight is 370 g/mol. The first-order chi connectivity index (χ1) is 12.9. The van der Waals surface area contributed by atoms with Crippen molar-refractivity contribution in [1.82, 2.24) is 19.9 Å². The van der Waals surface area contributed by atoms with Crippen molar-refractivity contribution in [2.24, 2.45) is 0 Å². The molecule has 0 aliphatic rings. The summed E-state index contributed by atoms with van der Waals surface area (Å²) in [4.78, 5) is 24.7. The lowest BCUT2D eigenvalue weighted by atomic mass is 10.0. The summed E-state index contributed by atoms with van der Waals surface area (Å²) >= 11 is 0. The van der Waals surface area contributed by atoms with Crippen LogP contribution in [0.4, 0.5) is 4.39 Å². The van der Waals surface area contributed by atoms with E-state index in [0.717, 1.165) is 6.54 Å². The largest absolute Gasteiger partial charge is 0.493 e. The van der Waals surface area contributed by atoms with Crippen molar-refractivity contribution in [2.45, 2.75) is 6.42 Å². The molecule has 0 aliphatic heterocycles. The number of hydrogen-bond donors (Lipinski definition) is 3. The second-order valence-electron chi connectivity index (χ2n) is 6.34. The highest BCUT2D eigenvalue weighted by Gasteiger charge is 2.21. The summed E-state index contributed by atoms with van der Waals surface area (Å²) < 4.78 is 14.8. The Morgan fingerprint density at radius 2 is 2.07 bits per heavy atom. The minimum atomic E-state index is -1.35. The number of aromatic nitrogens is 3. The fraction of sp³-hybridized carbons (Fsp3) is 0.211. The Morgan fingerprint density at radius 1 is 1.30 bits per heavy atom. The molecule has 2 heterocycles. The summed E-state index contributed by atoms with van der Waals surface area (Å²) in [7, 11) is 3.86. The Morgan fingerprint density at radius 3 is 2.74 bits per heavy atom. The van der Waals surface area contributed by atoms with E-state index in [0.29, 0.717) is 23.5 Å². The fourth-order valence-electron chi connectivity index (χ4n) is 2.73. The Balaban J connectivity index is 2.16. The molecule has 0 bridgehead atoms. The number of H-pyrrole nitrogens is 1. The van der Waals surface area contributed by atoms with Crippen molar-refractivity contribution in [3.05, 3.63) is 53.7 Å². The van der Waals surface area contributed by atoms with Gasteiger partial charge in [0, 0.05) is 36.4 Å². The van der Waals surface area contributed by atoms with Gasteiger partial charge in [-0.15, -0.1) is 0 Å². The van der Waals surface area contributed by atoms with Crippen LogP contribution in [0, 0.1) is 5.82 Å². The number of nitrogens with one attached hydrogen (secondary N) is 1. The molecule has 1 aromatic carbocycles. The molecule has 0 spiro atoms. The van der Waals surface area contributed by atoms with Gasteiger partial charge in [0.2, 0.25) is 5.88 Å². The third-order valence-corrected chi connectivity index (χ3v) is 4.07. The summed E-state index contributed by atoms with van der Waals surface area (Å²) in [5.41, 5.74) is 1.00. The maximum absolute atomic E-state index is 14.8.